The highest BCUT2D eigenvalue weighted by molar-refractivity contribution is 5.84. The zero-order valence-electron chi connectivity index (χ0n) is 9.69. The molecule has 4 nitrogen and oxygen atoms in total. The van der Waals surface area contributed by atoms with Crippen molar-refractivity contribution in [3.05, 3.63) is 0 Å². The third kappa shape index (κ3) is 2.95. The molecule has 16 heavy (non-hydrogen) atoms. The second-order valence-electron chi connectivity index (χ2n) is 5.11. The minimum atomic E-state index is -0.564. The Hall–Kier alpha value is -0.610. The Bertz CT molecular complexity index is 249. The summed E-state index contributed by atoms with van der Waals surface area (Å²) in [6.07, 6.45) is 7.68. The van der Waals surface area contributed by atoms with Crippen molar-refractivity contribution in [2.45, 2.75) is 63.1 Å². The summed E-state index contributed by atoms with van der Waals surface area (Å²) < 4.78 is 5.78. The Labute approximate surface area is 96.3 Å². The summed E-state index contributed by atoms with van der Waals surface area (Å²) in [6.45, 7) is 0.475. The number of hydrogen-bond donors (Lipinski definition) is 2. The molecule has 2 N–H and O–H groups in total. The van der Waals surface area contributed by atoms with Crippen molar-refractivity contribution in [2.75, 3.05) is 6.61 Å². The monoisotopic (exact) mass is 227 g/mol. The van der Waals surface area contributed by atoms with E-state index < -0.39 is 5.60 Å². The van der Waals surface area contributed by atoms with E-state index in [1.165, 1.54) is 0 Å². The van der Waals surface area contributed by atoms with Crippen LogP contribution in [0.4, 0.5) is 0 Å². The molecule has 92 valence electrons. The Balaban J connectivity index is 1.71. The van der Waals surface area contributed by atoms with E-state index >= 15 is 0 Å². The van der Waals surface area contributed by atoms with Gasteiger partial charge in [0, 0.05) is 0 Å². The van der Waals surface area contributed by atoms with Crippen LogP contribution in [-0.2, 0) is 4.74 Å². The first-order valence-electron chi connectivity index (χ1n) is 6.26. The van der Waals surface area contributed by atoms with Crippen LogP contribution in [0, 0.1) is 0 Å². The van der Waals surface area contributed by atoms with Gasteiger partial charge in [0.1, 0.15) is 0 Å². The predicted molar refractivity (Wildman–Crippen MR) is 60.8 cm³/mol. The maximum absolute atomic E-state index is 10.1. The van der Waals surface area contributed by atoms with Crippen LogP contribution in [0.5, 0.6) is 0 Å². The van der Waals surface area contributed by atoms with E-state index in [4.69, 9.17) is 9.94 Å². The van der Waals surface area contributed by atoms with Gasteiger partial charge in [0.25, 0.3) is 0 Å². The molecule has 0 aromatic heterocycles. The van der Waals surface area contributed by atoms with E-state index in [0.29, 0.717) is 6.61 Å². The number of nitrogens with zero attached hydrogens (tertiary/aromatic N) is 1. The molecule has 0 saturated heterocycles. The lowest BCUT2D eigenvalue weighted by molar-refractivity contribution is -0.0733. The molecular weight excluding hydrogens is 206 g/mol. The topological polar surface area (TPSA) is 62.1 Å². The third-order valence-corrected chi connectivity index (χ3v) is 3.77. The van der Waals surface area contributed by atoms with Crippen molar-refractivity contribution in [3.8, 4) is 0 Å². The van der Waals surface area contributed by atoms with Crippen LogP contribution >= 0.6 is 0 Å². The van der Waals surface area contributed by atoms with Gasteiger partial charge in [-0.2, -0.15) is 0 Å². The van der Waals surface area contributed by atoms with Crippen molar-refractivity contribution in [2.24, 2.45) is 5.16 Å². The molecule has 2 aliphatic carbocycles. The van der Waals surface area contributed by atoms with Crippen molar-refractivity contribution in [1.29, 1.82) is 0 Å². The molecule has 0 bridgehead atoms. The van der Waals surface area contributed by atoms with Crippen molar-refractivity contribution in [1.82, 2.24) is 0 Å². The highest BCUT2D eigenvalue weighted by Gasteiger charge is 2.32. The van der Waals surface area contributed by atoms with Gasteiger partial charge >= 0.3 is 0 Å². The quantitative estimate of drug-likeness (QED) is 0.573. The van der Waals surface area contributed by atoms with Gasteiger partial charge in [-0.05, 0) is 38.5 Å². The SMILES string of the molecule is ON=C1CCC(OCC2(O)CCCC2)CC1. The largest absolute Gasteiger partial charge is 0.411 e. The van der Waals surface area contributed by atoms with E-state index in [1.54, 1.807) is 0 Å². The number of ether oxygens (including phenoxy) is 1. The Morgan fingerprint density at radius 3 is 2.44 bits per heavy atom. The second-order valence-corrected chi connectivity index (χ2v) is 5.11. The molecule has 0 aliphatic heterocycles. The molecule has 0 atom stereocenters. The normalized spacial score (nSPS) is 29.3. The Morgan fingerprint density at radius 1 is 1.25 bits per heavy atom. The van der Waals surface area contributed by atoms with Crippen molar-refractivity contribution in [3.63, 3.8) is 0 Å². The summed E-state index contributed by atoms with van der Waals surface area (Å²) in [5, 5.41) is 22.0. The maximum atomic E-state index is 10.1. The predicted octanol–water partition coefficient (Wildman–Crippen LogP) is 2.08. The minimum absolute atomic E-state index is 0.232. The molecule has 0 radical (unpaired) electrons. The second kappa shape index (κ2) is 5.15. The van der Waals surface area contributed by atoms with Crippen LogP contribution in [0.25, 0.3) is 0 Å². The maximum Gasteiger partial charge on any atom is 0.0880 e. The van der Waals surface area contributed by atoms with Gasteiger partial charge < -0.3 is 15.1 Å². The molecule has 0 aromatic rings. The number of hydrogen-bond acceptors (Lipinski definition) is 4. The summed E-state index contributed by atoms with van der Waals surface area (Å²) in [5.41, 5.74) is 0.310. The fourth-order valence-corrected chi connectivity index (χ4v) is 2.64. The van der Waals surface area contributed by atoms with Gasteiger partial charge in [-0.1, -0.05) is 18.0 Å². The van der Waals surface area contributed by atoms with Gasteiger partial charge in [0.05, 0.1) is 24.0 Å². The smallest absolute Gasteiger partial charge is 0.0880 e. The van der Waals surface area contributed by atoms with Crippen LogP contribution in [0.1, 0.15) is 51.4 Å². The number of aliphatic hydroxyl groups is 1. The fourth-order valence-electron chi connectivity index (χ4n) is 2.64. The lowest BCUT2D eigenvalue weighted by atomic mass is 9.95. The number of oxime groups is 1. The van der Waals surface area contributed by atoms with Gasteiger partial charge in [-0.15, -0.1) is 0 Å². The summed E-state index contributed by atoms with van der Waals surface area (Å²) in [7, 11) is 0. The molecule has 2 aliphatic rings. The van der Waals surface area contributed by atoms with E-state index in [9.17, 15) is 5.11 Å². The first-order valence-corrected chi connectivity index (χ1v) is 6.26. The van der Waals surface area contributed by atoms with Gasteiger partial charge in [-0.25, -0.2) is 0 Å². The average Bonchev–Trinajstić information content (AvgIpc) is 2.75. The van der Waals surface area contributed by atoms with E-state index in [-0.39, 0.29) is 6.10 Å². The lowest BCUT2D eigenvalue weighted by Gasteiger charge is -2.28. The summed E-state index contributed by atoms with van der Waals surface area (Å²) in [4.78, 5) is 0. The first-order chi connectivity index (χ1) is 7.72. The van der Waals surface area contributed by atoms with Gasteiger partial charge in [0.15, 0.2) is 0 Å². The average molecular weight is 227 g/mol. The molecule has 0 spiro atoms. The Morgan fingerprint density at radius 2 is 1.88 bits per heavy atom. The van der Waals surface area contributed by atoms with Crippen molar-refractivity contribution < 1.29 is 15.1 Å². The highest BCUT2D eigenvalue weighted by Crippen LogP contribution is 2.31. The molecule has 0 aromatic carbocycles. The van der Waals surface area contributed by atoms with E-state index in [1.807, 2.05) is 0 Å². The van der Waals surface area contributed by atoms with E-state index in [2.05, 4.69) is 5.16 Å². The van der Waals surface area contributed by atoms with Crippen LogP contribution in [0.3, 0.4) is 0 Å². The molecule has 0 heterocycles. The van der Waals surface area contributed by atoms with Crippen LogP contribution in [0.15, 0.2) is 5.16 Å². The first kappa shape index (κ1) is 11.9. The number of rotatable bonds is 3. The highest BCUT2D eigenvalue weighted by atomic mass is 16.5. The zero-order chi connectivity index (χ0) is 11.4. The fraction of sp³-hybridized carbons (Fsp3) is 0.917. The van der Waals surface area contributed by atoms with Gasteiger partial charge in [-0.3, -0.25) is 0 Å². The molecule has 0 amide bonds. The Kier molecular flexibility index (Phi) is 3.82. The van der Waals surface area contributed by atoms with Crippen molar-refractivity contribution >= 4 is 5.71 Å². The minimum Gasteiger partial charge on any atom is -0.411 e. The van der Waals surface area contributed by atoms with Crippen LogP contribution in [-0.4, -0.2) is 34.3 Å². The summed E-state index contributed by atoms with van der Waals surface area (Å²) in [5.74, 6) is 0. The van der Waals surface area contributed by atoms with E-state index in [0.717, 1.165) is 57.1 Å². The molecule has 4 heteroatoms. The molecule has 2 rings (SSSR count). The van der Waals surface area contributed by atoms with Crippen LogP contribution in [0.2, 0.25) is 0 Å². The standard InChI is InChI=1S/C12H21NO3/c14-12(7-1-2-8-12)9-16-11-5-3-10(13-15)4-6-11/h11,14-15H,1-9H2. The summed E-state index contributed by atoms with van der Waals surface area (Å²) >= 11 is 0. The molecule has 0 unspecified atom stereocenters. The lowest BCUT2D eigenvalue weighted by Crippen LogP contribution is -2.34. The van der Waals surface area contributed by atoms with Crippen LogP contribution < -0.4 is 0 Å². The molecule has 2 fully saturated rings. The summed E-state index contributed by atoms with van der Waals surface area (Å²) in [6, 6.07) is 0. The van der Waals surface area contributed by atoms with Gasteiger partial charge in [0.2, 0.25) is 0 Å². The molecular formula is C12H21NO3. The third-order valence-electron chi connectivity index (χ3n) is 3.77. The zero-order valence-corrected chi connectivity index (χ0v) is 9.69. The molecule has 2 saturated carbocycles.